The average molecular weight is 353 g/mol. The zero-order valence-corrected chi connectivity index (χ0v) is 14.3. The van der Waals surface area contributed by atoms with E-state index in [4.69, 9.17) is 16.3 Å². The number of halogens is 1. The Kier molecular flexibility index (Phi) is 5.65. The maximum Gasteiger partial charge on any atom is 0.266 e. The molecular weight excluding hydrogens is 336 g/mol. The number of pyridine rings is 1. The molecule has 0 atom stereocenters. The lowest BCUT2D eigenvalue weighted by molar-refractivity contribution is -0.120. The second-order valence-electron chi connectivity index (χ2n) is 5.40. The molecule has 0 spiro atoms. The SMILES string of the molecule is O=C(COc1ccc(Cl)cc1)N(Cc1ccccc1)c1ccccn1. The lowest BCUT2D eigenvalue weighted by atomic mass is 10.2. The van der Waals surface area contributed by atoms with Gasteiger partial charge in [0.05, 0.1) is 6.54 Å². The van der Waals surface area contributed by atoms with Gasteiger partial charge >= 0.3 is 0 Å². The molecule has 2 aromatic carbocycles. The second kappa shape index (κ2) is 8.31. The topological polar surface area (TPSA) is 42.4 Å². The third-order valence-electron chi connectivity index (χ3n) is 3.59. The predicted molar refractivity (Wildman–Crippen MR) is 98.8 cm³/mol. The van der Waals surface area contributed by atoms with Crippen molar-refractivity contribution in [1.29, 1.82) is 0 Å². The number of anilines is 1. The number of nitrogens with zero attached hydrogens (tertiary/aromatic N) is 2. The first-order valence-corrected chi connectivity index (χ1v) is 8.24. The Hall–Kier alpha value is -2.85. The normalized spacial score (nSPS) is 10.3. The molecule has 4 nitrogen and oxygen atoms in total. The van der Waals surface area contributed by atoms with Gasteiger partial charge in [-0.05, 0) is 42.0 Å². The van der Waals surface area contributed by atoms with E-state index >= 15 is 0 Å². The second-order valence-corrected chi connectivity index (χ2v) is 5.83. The molecule has 5 heteroatoms. The van der Waals surface area contributed by atoms with Gasteiger partial charge in [-0.2, -0.15) is 0 Å². The molecule has 1 heterocycles. The Morgan fingerprint density at radius 3 is 2.36 bits per heavy atom. The molecule has 25 heavy (non-hydrogen) atoms. The Bertz CT molecular complexity index is 808. The van der Waals surface area contributed by atoms with Crippen LogP contribution in [0.4, 0.5) is 5.82 Å². The van der Waals surface area contributed by atoms with Crippen LogP contribution in [-0.4, -0.2) is 17.5 Å². The molecule has 1 aromatic heterocycles. The molecule has 0 aliphatic carbocycles. The van der Waals surface area contributed by atoms with Crippen LogP contribution in [0.3, 0.4) is 0 Å². The zero-order chi connectivity index (χ0) is 17.5. The molecular formula is C20H17ClN2O2. The first-order valence-electron chi connectivity index (χ1n) is 7.86. The number of hydrogen-bond acceptors (Lipinski definition) is 3. The van der Waals surface area contributed by atoms with Crippen molar-refractivity contribution in [2.45, 2.75) is 6.54 Å². The van der Waals surface area contributed by atoms with Gasteiger partial charge in [-0.1, -0.05) is 48.0 Å². The lowest BCUT2D eigenvalue weighted by Crippen LogP contribution is -2.35. The summed E-state index contributed by atoms with van der Waals surface area (Å²) < 4.78 is 5.59. The van der Waals surface area contributed by atoms with E-state index in [0.717, 1.165) is 5.56 Å². The largest absolute Gasteiger partial charge is 0.484 e. The van der Waals surface area contributed by atoms with Crippen LogP contribution in [-0.2, 0) is 11.3 Å². The van der Waals surface area contributed by atoms with Crippen LogP contribution in [0.25, 0.3) is 0 Å². The van der Waals surface area contributed by atoms with E-state index in [1.807, 2.05) is 48.5 Å². The van der Waals surface area contributed by atoms with Crippen LogP contribution in [0.5, 0.6) is 5.75 Å². The van der Waals surface area contributed by atoms with Crippen molar-refractivity contribution in [3.63, 3.8) is 0 Å². The minimum atomic E-state index is -0.169. The van der Waals surface area contributed by atoms with Gasteiger partial charge in [-0.25, -0.2) is 4.98 Å². The quantitative estimate of drug-likeness (QED) is 0.662. The number of carbonyl (C=O) groups is 1. The molecule has 126 valence electrons. The van der Waals surface area contributed by atoms with Gasteiger partial charge in [0.1, 0.15) is 11.6 Å². The summed E-state index contributed by atoms with van der Waals surface area (Å²) in [4.78, 5) is 18.6. The molecule has 0 saturated carbocycles. The maximum absolute atomic E-state index is 12.7. The van der Waals surface area contributed by atoms with E-state index in [1.165, 1.54) is 0 Å². The fraction of sp³-hybridized carbons (Fsp3) is 0.100. The predicted octanol–water partition coefficient (Wildman–Crippen LogP) is 4.35. The Labute approximate surface area is 151 Å². The number of hydrogen-bond donors (Lipinski definition) is 0. The molecule has 0 saturated heterocycles. The Morgan fingerprint density at radius 1 is 0.960 bits per heavy atom. The molecule has 0 radical (unpaired) electrons. The van der Waals surface area contributed by atoms with Crippen molar-refractivity contribution in [2.24, 2.45) is 0 Å². The minimum absolute atomic E-state index is 0.0783. The number of aromatic nitrogens is 1. The molecule has 0 aliphatic rings. The smallest absolute Gasteiger partial charge is 0.266 e. The average Bonchev–Trinajstić information content (AvgIpc) is 2.67. The molecule has 0 bridgehead atoms. The summed E-state index contributed by atoms with van der Waals surface area (Å²) in [6.45, 7) is 0.353. The molecule has 3 rings (SSSR count). The molecule has 0 aliphatic heterocycles. The maximum atomic E-state index is 12.7. The van der Waals surface area contributed by atoms with Crippen LogP contribution in [0.1, 0.15) is 5.56 Å². The summed E-state index contributed by atoms with van der Waals surface area (Å²) in [6.07, 6.45) is 1.67. The number of rotatable bonds is 6. The fourth-order valence-corrected chi connectivity index (χ4v) is 2.46. The van der Waals surface area contributed by atoms with Crippen molar-refractivity contribution in [1.82, 2.24) is 4.98 Å². The highest BCUT2D eigenvalue weighted by molar-refractivity contribution is 6.30. The lowest BCUT2D eigenvalue weighted by Gasteiger charge is -2.22. The molecule has 1 amide bonds. The monoisotopic (exact) mass is 352 g/mol. The van der Waals surface area contributed by atoms with Crippen molar-refractivity contribution in [3.05, 3.63) is 89.6 Å². The Morgan fingerprint density at radius 2 is 1.68 bits per heavy atom. The highest BCUT2D eigenvalue weighted by atomic mass is 35.5. The van der Waals surface area contributed by atoms with E-state index in [9.17, 15) is 4.79 Å². The van der Waals surface area contributed by atoms with Gasteiger partial charge in [0.2, 0.25) is 0 Å². The summed E-state index contributed by atoms with van der Waals surface area (Å²) in [7, 11) is 0. The van der Waals surface area contributed by atoms with E-state index < -0.39 is 0 Å². The van der Waals surface area contributed by atoms with Crippen LogP contribution in [0, 0.1) is 0 Å². The molecule has 0 fully saturated rings. The van der Waals surface area contributed by atoms with Crippen LogP contribution in [0.15, 0.2) is 79.0 Å². The number of benzene rings is 2. The Balaban J connectivity index is 1.74. The number of amides is 1. The van der Waals surface area contributed by atoms with E-state index in [-0.39, 0.29) is 12.5 Å². The van der Waals surface area contributed by atoms with Gasteiger partial charge in [0.15, 0.2) is 6.61 Å². The highest BCUT2D eigenvalue weighted by Crippen LogP contribution is 2.17. The van der Waals surface area contributed by atoms with Crippen molar-refractivity contribution < 1.29 is 9.53 Å². The van der Waals surface area contributed by atoms with Gasteiger partial charge < -0.3 is 4.74 Å². The molecule has 0 N–H and O–H groups in total. The van der Waals surface area contributed by atoms with Crippen molar-refractivity contribution in [3.8, 4) is 5.75 Å². The standard InChI is InChI=1S/C20H17ClN2O2/c21-17-9-11-18(12-10-17)25-15-20(24)23(19-8-4-5-13-22-19)14-16-6-2-1-3-7-16/h1-13H,14-15H2. The van der Waals surface area contributed by atoms with Gasteiger partial charge in [0, 0.05) is 11.2 Å². The molecule has 0 unspecified atom stereocenters. The van der Waals surface area contributed by atoms with Gasteiger partial charge in [-0.3, -0.25) is 9.69 Å². The molecule has 3 aromatic rings. The first kappa shape index (κ1) is 17.0. The van der Waals surface area contributed by atoms with E-state index in [1.54, 1.807) is 35.4 Å². The third-order valence-corrected chi connectivity index (χ3v) is 3.84. The summed E-state index contributed by atoms with van der Waals surface area (Å²) in [5.41, 5.74) is 1.02. The van der Waals surface area contributed by atoms with Gasteiger partial charge in [0.25, 0.3) is 5.91 Å². The number of carbonyl (C=O) groups excluding carboxylic acids is 1. The van der Waals surface area contributed by atoms with Crippen LogP contribution >= 0.6 is 11.6 Å². The number of ether oxygens (including phenoxy) is 1. The zero-order valence-electron chi connectivity index (χ0n) is 13.5. The summed E-state index contributed by atoms with van der Waals surface area (Å²) in [6, 6.07) is 22.2. The van der Waals surface area contributed by atoms with Crippen LogP contribution < -0.4 is 9.64 Å². The summed E-state index contributed by atoms with van der Waals surface area (Å²) in [5, 5.41) is 0.623. The van der Waals surface area contributed by atoms with Gasteiger partial charge in [-0.15, -0.1) is 0 Å². The van der Waals surface area contributed by atoms with E-state index in [2.05, 4.69) is 4.98 Å². The van der Waals surface area contributed by atoms with E-state index in [0.29, 0.717) is 23.1 Å². The van der Waals surface area contributed by atoms with Crippen LogP contribution in [0.2, 0.25) is 5.02 Å². The first-order chi connectivity index (χ1) is 12.2. The summed E-state index contributed by atoms with van der Waals surface area (Å²) >= 11 is 5.86. The highest BCUT2D eigenvalue weighted by Gasteiger charge is 2.18. The summed E-state index contributed by atoms with van der Waals surface area (Å²) in [5.74, 6) is 1.02. The van der Waals surface area contributed by atoms with Crippen molar-refractivity contribution in [2.75, 3.05) is 11.5 Å². The minimum Gasteiger partial charge on any atom is -0.484 e. The third kappa shape index (κ3) is 4.81. The van der Waals surface area contributed by atoms with Crippen molar-refractivity contribution >= 4 is 23.3 Å². The fourth-order valence-electron chi connectivity index (χ4n) is 2.33.